The molecular weight excluding hydrogens is 404 g/mol. The third kappa shape index (κ3) is 8.27. The number of carbonyl (C=O) groups is 1. The van der Waals surface area contributed by atoms with Crippen LogP contribution in [0.25, 0.3) is 12.2 Å². The van der Waals surface area contributed by atoms with Crippen molar-refractivity contribution in [3.05, 3.63) is 96.1 Å². The zero-order chi connectivity index (χ0) is 22.8. The van der Waals surface area contributed by atoms with E-state index in [1.807, 2.05) is 36.4 Å². The molecule has 0 aromatic heterocycles. The van der Waals surface area contributed by atoms with Crippen LogP contribution in [0.4, 0.5) is 0 Å². The van der Waals surface area contributed by atoms with Crippen molar-refractivity contribution in [3.8, 4) is 0 Å². The molecule has 2 fully saturated rings. The van der Waals surface area contributed by atoms with E-state index in [-0.39, 0.29) is 30.4 Å². The Morgan fingerprint density at radius 2 is 1.31 bits per heavy atom. The Morgan fingerprint density at radius 1 is 0.875 bits per heavy atom. The van der Waals surface area contributed by atoms with Crippen LogP contribution in [0.2, 0.25) is 0 Å². The van der Waals surface area contributed by atoms with Gasteiger partial charge in [-0.15, -0.1) is 0 Å². The van der Waals surface area contributed by atoms with E-state index >= 15 is 0 Å². The van der Waals surface area contributed by atoms with E-state index in [1.165, 1.54) is 18.2 Å². The van der Waals surface area contributed by atoms with E-state index in [2.05, 4.69) is 59.9 Å². The van der Waals surface area contributed by atoms with Gasteiger partial charge in [0.2, 0.25) is 0 Å². The molecule has 2 saturated heterocycles. The lowest BCUT2D eigenvalue weighted by Crippen LogP contribution is -2.09. The maximum absolute atomic E-state index is 10.2. The van der Waals surface area contributed by atoms with Gasteiger partial charge in [0.05, 0.1) is 20.3 Å². The van der Waals surface area contributed by atoms with Crippen molar-refractivity contribution in [3.63, 3.8) is 0 Å². The number of esters is 1. The van der Waals surface area contributed by atoms with Crippen LogP contribution in [0.3, 0.4) is 0 Å². The van der Waals surface area contributed by atoms with Gasteiger partial charge in [-0.1, -0.05) is 91.5 Å². The molecule has 2 aromatic carbocycles. The highest BCUT2D eigenvalue weighted by atomic mass is 16.6. The topological polar surface area (TPSA) is 60.6 Å². The number of ether oxygens (including phenoxy) is 4. The van der Waals surface area contributed by atoms with Gasteiger partial charge in [0.25, 0.3) is 0 Å². The van der Waals surface area contributed by atoms with Gasteiger partial charge in [0.15, 0.2) is 0 Å². The molecule has 5 heteroatoms. The van der Waals surface area contributed by atoms with Gasteiger partial charge >= 0.3 is 5.97 Å². The number of hydrogen-bond acceptors (Lipinski definition) is 5. The summed E-state index contributed by atoms with van der Waals surface area (Å²) < 4.78 is 21.2. The summed E-state index contributed by atoms with van der Waals surface area (Å²) in [5, 5.41) is 0. The lowest BCUT2D eigenvalue weighted by molar-refractivity contribution is -0.136. The molecule has 0 spiro atoms. The van der Waals surface area contributed by atoms with E-state index in [9.17, 15) is 4.79 Å². The Labute approximate surface area is 190 Å². The Morgan fingerprint density at radius 3 is 1.66 bits per heavy atom. The fourth-order valence-corrected chi connectivity index (χ4v) is 2.93. The van der Waals surface area contributed by atoms with Gasteiger partial charge in [0.1, 0.15) is 24.4 Å². The van der Waals surface area contributed by atoms with Crippen molar-refractivity contribution >= 4 is 18.1 Å². The molecule has 2 aliphatic heterocycles. The van der Waals surface area contributed by atoms with Crippen LogP contribution in [-0.4, -0.2) is 50.7 Å². The average Bonchev–Trinajstić information content (AvgIpc) is 3.75. The second-order valence-electron chi connectivity index (χ2n) is 7.63. The summed E-state index contributed by atoms with van der Waals surface area (Å²) in [4.78, 5) is 10.2. The van der Waals surface area contributed by atoms with Crippen LogP contribution in [0, 0.1) is 0 Å². The Kier molecular flexibility index (Phi) is 8.99. The van der Waals surface area contributed by atoms with E-state index in [0.717, 1.165) is 0 Å². The minimum Gasteiger partial charge on any atom is -0.466 e. The average molecular weight is 435 g/mol. The Bertz CT molecular complexity index is 856. The summed E-state index contributed by atoms with van der Waals surface area (Å²) in [6.07, 6.45) is 9.10. The van der Waals surface area contributed by atoms with Gasteiger partial charge in [0, 0.05) is 5.57 Å². The first-order chi connectivity index (χ1) is 15.6. The van der Waals surface area contributed by atoms with Crippen LogP contribution >= 0.6 is 0 Å². The monoisotopic (exact) mass is 434 g/mol. The van der Waals surface area contributed by atoms with Crippen molar-refractivity contribution in [1.82, 2.24) is 0 Å². The molecule has 0 saturated carbocycles. The van der Waals surface area contributed by atoms with E-state index in [0.29, 0.717) is 18.8 Å². The Balaban J connectivity index is 0.000000360. The largest absolute Gasteiger partial charge is 0.466 e. The predicted molar refractivity (Wildman–Crippen MR) is 126 cm³/mol. The number of hydrogen-bond donors (Lipinski definition) is 0. The van der Waals surface area contributed by atoms with Gasteiger partial charge in [-0.2, -0.15) is 0 Å². The van der Waals surface area contributed by atoms with Gasteiger partial charge in [-0.25, -0.2) is 4.79 Å². The molecule has 32 heavy (non-hydrogen) atoms. The van der Waals surface area contributed by atoms with Crippen molar-refractivity contribution in [2.75, 3.05) is 20.3 Å². The molecule has 2 aliphatic rings. The highest BCUT2D eigenvalue weighted by molar-refractivity contribution is 5.86. The van der Waals surface area contributed by atoms with Crippen molar-refractivity contribution < 1.29 is 23.7 Å². The van der Waals surface area contributed by atoms with Gasteiger partial charge in [-0.3, -0.25) is 0 Å². The quantitative estimate of drug-likeness (QED) is 0.325. The SMILES string of the molecule is C(=CC1OC1COCC1OC1C=Cc1ccccc1)c1ccccc1.C=C(C)C(=O)OC. The summed E-state index contributed by atoms with van der Waals surface area (Å²) in [5.74, 6) is -0.347. The van der Waals surface area contributed by atoms with E-state index in [4.69, 9.17) is 14.2 Å². The third-order valence-corrected chi connectivity index (χ3v) is 4.90. The summed E-state index contributed by atoms with van der Waals surface area (Å²) in [6.45, 7) is 6.20. The van der Waals surface area contributed by atoms with Crippen LogP contribution in [0.1, 0.15) is 18.1 Å². The smallest absolute Gasteiger partial charge is 0.332 e. The van der Waals surface area contributed by atoms with Crippen LogP contribution in [0.15, 0.2) is 85.0 Å². The van der Waals surface area contributed by atoms with E-state index < -0.39 is 0 Å². The molecule has 2 heterocycles. The third-order valence-electron chi connectivity index (χ3n) is 4.90. The predicted octanol–water partition coefficient (Wildman–Crippen LogP) is 4.70. The fraction of sp³-hybridized carbons (Fsp3) is 0.296. The lowest BCUT2D eigenvalue weighted by atomic mass is 10.2. The summed E-state index contributed by atoms with van der Waals surface area (Å²) in [6, 6.07) is 20.5. The standard InChI is InChI=1S/C22H22O3.C5H8O2/c1-3-7-17(8-4-1)11-13-19-21(24-19)15-23-16-22-20(25-22)14-12-18-9-5-2-6-10-18;1-4(2)5(6)7-3/h1-14,19-22H,15-16H2;1H2,2-3H3. The first-order valence-corrected chi connectivity index (χ1v) is 10.7. The van der Waals surface area contributed by atoms with Gasteiger partial charge < -0.3 is 18.9 Å². The molecule has 2 aromatic rings. The summed E-state index contributed by atoms with van der Waals surface area (Å²) >= 11 is 0. The summed E-state index contributed by atoms with van der Waals surface area (Å²) in [5.41, 5.74) is 2.82. The number of benzene rings is 2. The highest BCUT2D eigenvalue weighted by Crippen LogP contribution is 2.27. The minimum atomic E-state index is -0.347. The maximum atomic E-state index is 10.2. The molecule has 168 valence electrons. The molecule has 0 N–H and O–H groups in total. The lowest BCUT2D eigenvalue weighted by Gasteiger charge is -1.97. The Hall–Kier alpha value is -2.99. The van der Waals surface area contributed by atoms with Crippen molar-refractivity contribution in [2.24, 2.45) is 0 Å². The number of methoxy groups -OCH3 is 1. The molecular formula is C27H30O5. The van der Waals surface area contributed by atoms with E-state index in [1.54, 1.807) is 6.92 Å². The molecule has 0 amide bonds. The van der Waals surface area contributed by atoms with Crippen molar-refractivity contribution in [1.29, 1.82) is 0 Å². The van der Waals surface area contributed by atoms with Gasteiger partial charge in [-0.05, 0) is 18.1 Å². The highest BCUT2D eigenvalue weighted by Gasteiger charge is 2.39. The van der Waals surface area contributed by atoms with Crippen LogP contribution in [0.5, 0.6) is 0 Å². The molecule has 0 radical (unpaired) electrons. The molecule has 4 rings (SSSR count). The maximum Gasteiger partial charge on any atom is 0.332 e. The number of rotatable bonds is 9. The first-order valence-electron chi connectivity index (χ1n) is 10.7. The molecule has 0 aliphatic carbocycles. The molecule has 5 nitrogen and oxygen atoms in total. The summed E-state index contributed by atoms with van der Waals surface area (Å²) in [7, 11) is 1.33. The zero-order valence-corrected chi connectivity index (χ0v) is 18.6. The van der Waals surface area contributed by atoms with Crippen LogP contribution in [-0.2, 0) is 23.7 Å². The number of carbonyl (C=O) groups excluding carboxylic acids is 1. The van der Waals surface area contributed by atoms with Crippen LogP contribution < -0.4 is 0 Å². The minimum absolute atomic E-state index is 0.175. The second-order valence-corrected chi connectivity index (χ2v) is 7.63. The fourth-order valence-electron chi connectivity index (χ4n) is 2.93. The first kappa shape index (κ1) is 23.7. The van der Waals surface area contributed by atoms with Crippen molar-refractivity contribution in [2.45, 2.75) is 31.3 Å². The number of epoxide rings is 2. The molecule has 4 atom stereocenters. The second kappa shape index (κ2) is 12.2. The molecule has 0 bridgehead atoms. The molecule has 4 unspecified atom stereocenters. The normalized spacial score (nSPS) is 23.4. The zero-order valence-electron chi connectivity index (χ0n) is 18.6.